The normalized spacial score (nSPS) is 15.9. The van der Waals surface area contributed by atoms with E-state index in [4.69, 9.17) is 18.7 Å². The van der Waals surface area contributed by atoms with Crippen molar-refractivity contribution in [2.24, 2.45) is 0 Å². The Morgan fingerprint density at radius 3 is 1.90 bits per heavy atom. The van der Waals surface area contributed by atoms with Crippen molar-refractivity contribution >= 4 is 13.4 Å². The minimum absolute atomic E-state index is 0.00877. The fourth-order valence-electron chi connectivity index (χ4n) is 3.18. The van der Waals surface area contributed by atoms with Crippen molar-refractivity contribution in [3.63, 3.8) is 0 Å². The van der Waals surface area contributed by atoms with Crippen LogP contribution in [-0.2, 0) is 9.09 Å². The topological polar surface area (TPSA) is 86.3 Å². The molecule has 0 aliphatic carbocycles. The molecular weight excluding hydrogens is 419 g/mol. The van der Waals surface area contributed by atoms with Gasteiger partial charge in [0.2, 0.25) is 5.75 Å². The van der Waals surface area contributed by atoms with Crippen LogP contribution in [0.25, 0.3) is 0 Å². The van der Waals surface area contributed by atoms with Crippen LogP contribution in [0.4, 0.5) is 0 Å². The number of hydrogen-bond donors (Lipinski definition) is 1. The third kappa shape index (κ3) is 8.36. The van der Waals surface area contributed by atoms with Crippen LogP contribution in [0, 0.1) is 0 Å². The Morgan fingerprint density at radius 2 is 1.52 bits per heavy atom. The van der Waals surface area contributed by atoms with Gasteiger partial charge in [-0.15, -0.1) is 0 Å². The summed E-state index contributed by atoms with van der Waals surface area (Å²) in [5, 5.41) is 3.03. The van der Waals surface area contributed by atoms with Gasteiger partial charge < -0.3 is 24.1 Å². The van der Waals surface area contributed by atoms with Gasteiger partial charge in [0.1, 0.15) is 0 Å². The molecule has 9 heteroatoms. The molecule has 1 aromatic carbocycles. The van der Waals surface area contributed by atoms with E-state index in [1.165, 1.54) is 21.3 Å². The molecule has 1 aromatic rings. The highest BCUT2D eigenvalue weighted by Gasteiger charge is 2.31. The van der Waals surface area contributed by atoms with Crippen molar-refractivity contribution in [2.45, 2.75) is 53.5 Å². The summed E-state index contributed by atoms with van der Waals surface area (Å²) in [4.78, 5) is 12.7. The fraction of sp³-hybridized carbons (Fsp3) is 0.682. The zero-order chi connectivity index (χ0) is 24.0. The zero-order valence-corrected chi connectivity index (χ0v) is 21.5. The first-order valence-corrected chi connectivity index (χ1v) is 13.0. The van der Waals surface area contributed by atoms with Crippen molar-refractivity contribution in [1.29, 1.82) is 0 Å². The lowest BCUT2D eigenvalue weighted by Gasteiger charge is -2.35. The van der Waals surface area contributed by atoms with E-state index in [1.807, 2.05) is 39.3 Å². The van der Waals surface area contributed by atoms with Crippen LogP contribution < -0.4 is 19.5 Å². The summed E-state index contributed by atoms with van der Waals surface area (Å²) >= 11 is 0. The number of piperidine rings is 1. The molecular formula is C22H41N2O6P. The van der Waals surface area contributed by atoms with E-state index in [1.54, 1.807) is 18.8 Å². The number of rotatable bonds is 8. The van der Waals surface area contributed by atoms with E-state index in [0.717, 1.165) is 0 Å². The number of methoxy groups -OCH3 is 3. The molecule has 1 amide bonds. The Balaban J connectivity index is 0.00000212. The third-order valence-electron chi connectivity index (χ3n) is 4.62. The Kier molecular flexibility index (Phi) is 14.3. The van der Waals surface area contributed by atoms with Crippen molar-refractivity contribution in [1.82, 2.24) is 9.99 Å². The number of nitrogens with zero attached hydrogens (tertiary/aromatic N) is 1. The van der Waals surface area contributed by atoms with Crippen LogP contribution in [0.1, 0.15) is 57.8 Å². The van der Waals surface area contributed by atoms with Gasteiger partial charge in [-0.25, -0.2) is 4.67 Å². The number of amides is 1. The number of ether oxygens (including phenoxy) is 3. The number of nitrogens with one attached hydrogen (secondary N) is 1. The molecule has 1 N–H and O–H groups in total. The van der Waals surface area contributed by atoms with Crippen LogP contribution in [0.5, 0.6) is 17.2 Å². The SMILES string of the molecule is CC.CC.CCOP(C)(=O)N1CCC(NC(=O)c2cc(OC)c(OC)c(OC)c2)CC1. The maximum Gasteiger partial charge on any atom is 0.269 e. The maximum atomic E-state index is 12.7. The molecule has 2 rings (SSSR count). The Hall–Kier alpha value is -1.76. The van der Waals surface area contributed by atoms with Crippen LogP contribution in [0.3, 0.4) is 0 Å². The molecule has 0 radical (unpaired) electrons. The maximum absolute atomic E-state index is 12.7. The number of hydrogen-bond acceptors (Lipinski definition) is 6. The lowest BCUT2D eigenvalue weighted by Crippen LogP contribution is -2.43. The molecule has 1 unspecified atom stereocenters. The molecule has 1 heterocycles. The molecule has 8 nitrogen and oxygen atoms in total. The highest BCUT2D eigenvalue weighted by molar-refractivity contribution is 7.55. The highest BCUT2D eigenvalue weighted by atomic mass is 31.2. The first kappa shape index (κ1) is 29.2. The van der Waals surface area contributed by atoms with E-state index in [9.17, 15) is 9.36 Å². The Morgan fingerprint density at radius 1 is 1.03 bits per heavy atom. The van der Waals surface area contributed by atoms with Crippen molar-refractivity contribution in [3.05, 3.63) is 17.7 Å². The predicted octanol–water partition coefficient (Wildman–Crippen LogP) is 4.82. The Labute approximate surface area is 188 Å². The van der Waals surface area contributed by atoms with Gasteiger partial charge in [0.25, 0.3) is 13.4 Å². The molecule has 0 bridgehead atoms. The molecule has 180 valence electrons. The first-order valence-electron chi connectivity index (χ1n) is 10.9. The van der Waals surface area contributed by atoms with E-state index < -0.39 is 7.52 Å². The van der Waals surface area contributed by atoms with Gasteiger partial charge >= 0.3 is 0 Å². The summed E-state index contributed by atoms with van der Waals surface area (Å²) in [5.41, 5.74) is 0.433. The summed E-state index contributed by atoms with van der Waals surface area (Å²) in [5.74, 6) is 1.09. The summed E-state index contributed by atoms with van der Waals surface area (Å²) in [7, 11) is 1.79. The number of carbonyl (C=O) groups excluding carboxylic acids is 1. The van der Waals surface area contributed by atoms with E-state index in [0.29, 0.717) is 55.4 Å². The molecule has 0 aromatic heterocycles. The molecule has 0 spiro atoms. The summed E-state index contributed by atoms with van der Waals surface area (Å²) < 4.78 is 35.6. The quantitative estimate of drug-likeness (QED) is 0.557. The molecule has 1 aliphatic heterocycles. The number of benzene rings is 1. The van der Waals surface area contributed by atoms with Crippen LogP contribution in [-0.4, -0.2) is 64.3 Å². The third-order valence-corrected chi connectivity index (χ3v) is 6.78. The van der Waals surface area contributed by atoms with Gasteiger partial charge in [0.05, 0.1) is 27.9 Å². The first-order chi connectivity index (χ1) is 14.9. The van der Waals surface area contributed by atoms with Crippen LogP contribution >= 0.6 is 7.52 Å². The molecule has 1 aliphatic rings. The van der Waals surface area contributed by atoms with E-state index >= 15 is 0 Å². The fourth-order valence-corrected chi connectivity index (χ4v) is 4.78. The predicted molar refractivity (Wildman–Crippen MR) is 126 cm³/mol. The van der Waals surface area contributed by atoms with Gasteiger partial charge in [0.15, 0.2) is 11.5 Å². The molecule has 0 saturated carbocycles. The van der Waals surface area contributed by atoms with Crippen molar-refractivity contribution < 1.29 is 28.1 Å². The van der Waals surface area contributed by atoms with Gasteiger partial charge in [-0.2, -0.15) is 0 Å². The molecule has 1 saturated heterocycles. The summed E-state index contributed by atoms with van der Waals surface area (Å²) in [6.45, 7) is 13.1. The van der Waals surface area contributed by atoms with Gasteiger partial charge in [-0.3, -0.25) is 9.36 Å². The van der Waals surface area contributed by atoms with Gasteiger partial charge in [0, 0.05) is 31.4 Å². The van der Waals surface area contributed by atoms with Crippen molar-refractivity contribution in [3.8, 4) is 17.2 Å². The monoisotopic (exact) mass is 460 g/mol. The second-order valence-electron chi connectivity index (χ2n) is 6.34. The second kappa shape index (κ2) is 15.1. The Bertz CT molecular complexity index is 680. The van der Waals surface area contributed by atoms with E-state index in [2.05, 4.69) is 5.32 Å². The zero-order valence-electron chi connectivity index (χ0n) is 20.6. The highest BCUT2D eigenvalue weighted by Crippen LogP contribution is 2.48. The summed E-state index contributed by atoms with van der Waals surface area (Å²) in [6.07, 6.45) is 1.42. The lowest BCUT2D eigenvalue weighted by molar-refractivity contribution is 0.0921. The van der Waals surface area contributed by atoms with Crippen LogP contribution in [0.15, 0.2) is 12.1 Å². The lowest BCUT2D eigenvalue weighted by atomic mass is 10.1. The van der Waals surface area contributed by atoms with Gasteiger partial charge in [-0.1, -0.05) is 27.7 Å². The largest absolute Gasteiger partial charge is 0.493 e. The molecule has 1 atom stereocenters. The smallest absolute Gasteiger partial charge is 0.269 e. The van der Waals surface area contributed by atoms with Gasteiger partial charge in [-0.05, 0) is 31.9 Å². The molecule has 1 fully saturated rings. The number of carbonyl (C=O) groups is 1. The van der Waals surface area contributed by atoms with Crippen LogP contribution in [0.2, 0.25) is 0 Å². The average Bonchev–Trinajstić information content (AvgIpc) is 2.80. The van der Waals surface area contributed by atoms with Crippen molar-refractivity contribution in [2.75, 3.05) is 47.7 Å². The minimum atomic E-state index is -2.74. The minimum Gasteiger partial charge on any atom is -0.493 e. The second-order valence-corrected chi connectivity index (χ2v) is 8.77. The van der Waals surface area contributed by atoms with E-state index in [-0.39, 0.29) is 11.9 Å². The average molecular weight is 461 g/mol. The molecule has 31 heavy (non-hydrogen) atoms. The standard InChI is InChI=1S/C18H29N2O6P.2C2H6/c1-6-26-27(5,22)20-9-7-14(8-10-20)19-18(21)13-11-15(23-2)17(25-4)16(12-13)24-3;2*1-2/h11-12,14H,6-10H2,1-5H3,(H,19,21);2*1-2H3. The summed E-state index contributed by atoms with van der Waals surface area (Å²) in [6, 6.07) is 3.26.